The summed E-state index contributed by atoms with van der Waals surface area (Å²) in [4.78, 5) is 16.2. The number of hydrogen-bond acceptors (Lipinski definition) is 2. The van der Waals surface area contributed by atoms with Gasteiger partial charge in [0.25, 0.3) is 6.43 Å². The fourth-order valence-electron chi connectivity index (χ4n) is 3.14. The maximum atomic E-state index is 12.9. The summed E-state index contributed by atoms with van der Waals surface area (Å²) in [6, 6.07) is 8.96. The Kier molecular flexibility index (Phi) is 4.48. The number of alkyl halides is 2. The highest BCUT2D eigenvalue weighted by Gasteiger charge is 2.30. The first kappa shape index (κ1) is 18.3. The Balaban J connectivity index is 2.42. The molecule has 3 aromatic rings. The van der Waals surface area contributed by atoms with Gasteiger partial charge in [0.2, 0.25) is 0 Å². The van der Waals surface area contributed by atoms with Crippen LogP contribution < -0.4 is 0 Å². The van der Waals surface area contributed by atoms with Gasteiger partial charge in [-0.1, -0.05) is 56.6 Å². The van der Waals surface area contributed by atoms with Crippen LogP contribution >= 0.6 is 11.6 Å². The molecule has 136 valence electrons. The highest BCUT2D eigenvalue weighted by Crippen LogP contribution is 2.41. The van der Waals surface area contributed by atoms with Crippen LogP contribution in [0.5, 0.6) is 0 Å². The Morgan fingerprint density at radius 1 is 1.15 bits per heavy atom. The smallest absolute Gasteiger partial charge is 0.417 e. The standard InChI is InChI=1S/C19H17ClF2N2O2/c1-19(2,3)14-12-8-9-13(20)23-17(12)24(18(25)26)15(14)10-4-6-11(7-5-10)16(21)22/h4-9,16H,1-3H3,(H,25,26). The van der Waals surface area contributed by atoms with Gasteiger partial charge in [0, 0.05) is 10.9 Å². The summed E-state index contributed by atoms with van der Waals surface area (Å²) >= 11 is 5.97. The van der Waals surface area contributed by atoms with Gasteiger partial charge in [-0.05, 0) is 28.7 Å². The van der Waals surface area contributed by atoms with Crippen LogP contribution in [0.2, 0.25) is 5.15 Å². The first-order valence-electron chi connectivity index (χ1n) is 7.94. The third kappa shape index (κ3) is 3.05. The Labute approximate surface area is 154 Å². The molecule has 0 saturated carbocycles. The van der Waals surface area contributed by atoms with Crippen LogP contribution in [0.15, 0.2) is 36.4 Å². The summed E-state index contributed by atoms with van der Waals surface area (Å²) in [7, 11) is 0. The SMILES string of the molecule is CC(C)(C)c1c(-c2ccc(C(F)F)cc2)n(C(=O)O)c2nc(Cl)ccc12. The van der Waals surface area contributed by atoms with Gasteiger partial charge in [-0.25, -0.2) is 23.1 Å². The van der Waals surface area contributed by atoms with Crippen molar-refractivity contribution in [2.75, 3.05) is 0 Å². The van der Waals surface area contributed by atoms with E-state index in [1.807, 2.05) is 20.8 Å². The number of pyridine rings is 1. The lowest BCUT2D eigenvalue weighted by Gasteiger charge is -2.21. The molecule has 0 aliphatic heterocycles. The van der Waals surface area contributed by atoms with E-state index in [9.17, 15) is 18.7 Å². The zero-order valence-corrected chi connectivity index (χ0v) is 15.2. The average molecular weight is 379 g/mol. The molecule has 2 heterocycles. The van der Waals surface area contributed by atoms with E-state index in [1.54, 1.807) is 12.1 Å². The van der Waals surface area contributed by atoms with Crippen LogP contribution in [0.3, 0.4) is 0 Å². The molecule has 0 aliphatic carbocycles. The quantitative estimate of drug-likeness (QED) is 0.546. The molecule has 0 amide bonds. The highest BCUT2D eigenvalue weighted by atomic mass is 35.5. The molecule has 2 aromatic heterocycles. The van der Waals surface area contributed by atoms with Gasteiger partial charge in [0.1, 0.15) is 5.15 Å². The summed E-state index contributed by atoms with van der Waals surface area (Å²) < 4.78 is 26.8. The van der Waals surface area contributed by atoms with Crippen LogP contribution in [0, 0.1) is 0 Å². The zero-order valence-electron chi connectivity index (χ0n) is 14.4. The van der Waals surface area contributed by atoms with Crippen molar-refractivity contribution in [3.8, 4) is 11.3 Å². The second kappa shape index (κ2) is 6.36. The van der Waals surface area contributed by atoms with E-state index in [1.165, 1.54) is 24.3 Å². The van der Waals surface area contributed by atoms with Crippen LogP contribution in [0.1, 0.15) is 38.3 Å². The zero-order chi connectivity index (χ0) is 19.2. The maximum absolute atomic E-state index is 12.9. The van der Waals surface area contributed by atoms with Crippen molar-refractivity contribution in [2.45, 2.75) is 32.6 Å². The van der Waals surface area contributed by atoms with Crippen LogP contribution in [0.4, 0.5) is 13.6 Å². The molecule has 1 N–H and O–H groups in total. The molecular weight excluding hydrogens is 362 g/mol. The van der Waals surface area contributed by atoms with Crippen molar-refractivity contribution in [3.05, 3.63) is 52.7 Å². The van der Waals surface area contributed by atoms with E-state index >= 15 is 0 Å². The summed E-state index contributed by atoms with van der Waals surface area (Å²) in [6.45, 7) is 5.87. The molecule has 4 nitrogen and oxygen atoms in total. The van der Waals surface area contributed by atoms with Gasteiger partial charge >= 0.3 is 6.09 Å². The summed E-state index contributed by atoms with van der Waals surface area (Å²) in [5.41, 5.74) is 1.40. The van der Waals surface area contributed by atoms with E-state index in [4.69, 9.17) is 11.6 Å². The van der Waals surface area contributed by atoms with Crippen molar-refractivity contribution in [3.63, 3.8) is 0 Å². The fourth-order valence-corrected chi connectivity index (χ4v) is 3.28. The van der Waals surface area contributed by atoms with E-state index < -0.39 is 17.9 Å². The van der Waals surface area contributed by atoms with E-state index in [2.05, 4.69) is 4.98 Å². The Hall–Kier alpha value is -2.47. The summed E-state index contributed by atoms with van der Waals surface area (Å²) in [5.74, 6) is 0. The lowest BCUT2D eigenvalue weighted by atomic mass is 9.83. The van der Waals surface area contributed by atoms with E-state index in [0.717, 1.165) is 10.1 Å². The molecular formula is C19H17ClF2N2O2. The van der Waals surface area contributed by atoms with Crippen molar-refractivity contribution >= 4 is 28.7 Å². The number of carboxylic acid groups (broad SMARTS) is 1. The monoisotopic (exact) mass is 378 g/mol. The lowest BCUT2D eigenvalue weighted by molar-refractivity contribution is 0.151. The van der Waals surface area contributed by atoms with Gasteiger partial charge in [0.05, 0.1) is 5.69 Å². The number of halogens is 3. The number of rotatable bonds is 2. The minimum atomic E-state index is -2.59. The first-order chi connectivity index (χ1) is 12.1. The van der Waals surface area contributed by atoms with Gasteiger partial charge in [-0.3, -0.25) is 0 Å². The van der Waals surface area contributed by atoms with Gasteiger partial charge in [0.15, 0.2) is 5.65 Å². The van der Waals surface area contributed by atoms with E-state index in [0.29, 0.717) is 16.6 Å². The largest absolute Gasteiger partial charge is 0.464 e. The van der Waals surface area contributed by atoms with Crippen LogP contribution in [-0.2, 0) is 5.41 Å². The molecule has 0 fully saturated rings. The summed E-state index contributed by atoms with van der Waals surface area (Å²) in [5, 5.41) is 10.6. The summed E-state index contributed by atoms with van der Waals surface area (Å²) in [6.07, 6.45) is -3.80. The number of nitrogens with zero attached hydrogens (tertiary/aromatic N) is 2. The number of aromatic nitrogens is 2. The predicted molar refractivity (Wildman–Crippen MR) is 97.3 cm³/mol. The fraction of sp³-hybridized carbons (Fsp3) is 0.263. The van der Waals surface area contributed by atoms with Crippen molar-refractivity contribution < 1.29 is 18.7 Å². The second-order valence-corrected chi connectivity index (χ2v) is 7.41. The molecule has 0 radical (unpaired) electrons. The third-order valence-corrected chi connectivity index (χ3v) is 4.37. The molecule has 0 atom stereocenters. The van der Waals surface area contributed by atoms with Crippen LogP contribution in [0.25, 0.3) is 22.3 Å². The third-order valence-electron chi connectivity index (χ3n) is 4.16. The predicted octanol–water partition coefficient (Wildman–Crippen LogP) is 6.12. The highest BCUT2D eigenvalue weighted by molar-refractivity contribution is 6.29. The first-order valence-corrected chi connectivity index (χ1v) is 8.32. The lowest BCUT2D eigenvalue weighted by Crippen LogP contribution is -2.15. The molecule has 0 bridgehead atoms. The molecule has 7 heteroatoms. The normalized spacial score (nSPS) is 12.1. The number of hydrogen-bond donors (Lipinski definition) is 1. The second-order valence-electron chi connectivity index (χ2n) is 7.02. The van der Waals surface area contributed by atoms with Crippen molar-refractivity contribution in [2.24, 2.45) is 0 Å². The van der Waals surface area contributed by atoms with Crippen molar-refractivity contribution in [1.29, 1.82) is 0 Å². The molecule has 0 spiro atoms. The van der Waals surface area contributed by atoms with E-state index in [-0.39, 0.29) is 16.4 Å². The number of benzene rings is 1. The molecule has 0 unspecified atom stereocenters. The topological polar surface area (TPSA) is 55.1 Å². The number of carbonyl (C=O) groups is 1. The minimum absolute atomic E-state index is 0.120. The minimum Gasteiger partial charge on any atom is -0.464 e. The van der Waals surface area contributed by atoms with Gasteiger partial charge in [-0.15, -0.1) is 0 Å². The molecule has 26 heavy (non-hydrogen) atoms. The Morgan fingerprint density at radius 3 is 2.27 bits per heavy atom. The maximum Gasteiger partial charge on any atom is 0.417 e. The van der Waals surface area contributed by atoms with Crippen LogP contribution in [-0.4, -0.2) is 20.8 Å². The average Bonchev–Trinajstić information content (AvgIpc) is 2.89. The van der Waals surface area contributed by atoms with Crippen molar-refractivity contribution in [1.82, 2.24) is 9.55 Å². The molecule has 3 rings (SSSR count). The number of fused-ring (bicyclic) bond motifs is 1. The van der Waals surface area contributed by atoms with Gasteiger partial charge in [-0.2, -0.15) is 0 Å². The van der Waals surface area contributed by atoms with Gasteiger partial charge < -0.3 is 5.11 Å². The molecule has 0 aliphatic rings. The Bertz CT molecular complexity index is 989. The molecule has 0 saturated heterocycles. The molecule has 1 aromatic carbocycles. The Morgan fingerprint density at radius 2 is 1.77 bits per heavy atom.